The number of carbonyl (C=O) groups is 2. The standard InChI is InChI=1S/C46H63N7O11/c1-9-15-17-33(11-3)31-63-43-30-39(49-50(7)40-22-20-36(52(56)57)27-41(40)53(58)59)44(64-32-34(12-4)18-16-10-2)29-38(43)48-47-37-21-19-35(28-42(37)60-8)51(23-25-61-45(54)13-5)24-26-62-46(55)14-6/h13-14,19-22,27-30,33-34,49H,5-6,9-12,15-18,23-26,31-32H2,1-4,7-8H3. The van der Waals surface area contributed by atoms with Crippen LogP contribution in [0.5, 0.6) is 17.2 Å². The van der Waals surface area contributed by atoms with Gasteiger partial charge in [-0.3, -0.25) is 30.7 Å². The monoisotopic (exact) mass is 889 g/mol. The number of ether oxygens (including phenoxy) is 5. The minimum Gasteiger partial charge on any atom is -0.494 e. The molecule has 2 atom stereocenters. The molecule has 0 amide bonds. The zero-order valence-corrected chi connectivity index (χ0v) is 37.9. The highest BCUT2D eigenvalue weighted by molar-refractivity contribution is 5.81. The largest absolute Gasteiger partial charge is 0.494 e. The van der Waals surface area contributed by atoms with Crippen molar-refractivity contribution in [1.82, 2.24) is 0 Å². The van der Waals surface area contributed by atoms with Crippen LogP contribution >= 0.6 is 0 Å². The van der Waals surface area contributed by atoms with Crippen LogP contribution in [0.15, 0.2) is 84.1 Å². The molecule has 0 aliphatic carbocycles. The number of rotatable bonds is 31. The number of azo groups is 1. The van der Waals surface area contributed by atoms with Gasteiger partial charge in [-0.25, -0.2) is 9.59 Å². The summed E-state index contributed by atoms with van der Waals surface area (Å²) in [5.41, 5.74) is 4.22. The summed E-state index contributed by atoms with van der Waals surface area (Å²) >= 11 is 0. The van der Waals surface area contributed by atoms with Crippen molar-refractivity contribution in [2.24, 2.45) is 22.1 Å². The van der Waals surface area contributed by atoms with Crippen LogP contribution in [0.2, 0.25) is 0 Å². The molecule has 0 spiro atoms. The first-order valence-electron chi connectivity index (χ1n) is 21.6. The Kier molecular flexibility index (Phi) is 22.1. The van der Waals surface area contributed by atoms with E-state index in [-0.39, 0.29) is 43.8 Å². The Labute approximate surface area is 375 Å². The van der Waals surface area contributed by atoms with Crippen molar-refractivity contribution >= 4 is 51.8 Å². The summed E-state index contributed by atoms with van der Waals surface area (Å²) in [5.74, 6) is 0.467. The average molecular weight is 890 g/mol. The lowest BCUT2D eigenvalue weighted by molar-refractivity contribution is -0.393. The third-order valence-corrected chi connectivity index (χ3v) is 10.5. The summed E-state index contributed by atoms with van der Waals surface area (Å²) in [4.78, 5) is 47.6. The zero-order chi connectivity index (χ0) is 47.0. The van der Waals surface area contributed by atoms with Crippen molar-refractivity contribution in [2.45, 2.75) is 79.1 Å². The number of carbonyl (C=O) groups excluding carboxylic acids is 2. The summed E-state index contributed by atoms with van der Waals surface area (Å²) in [6.07, 6.45) is 10.00. The normalized spacial score (nSPS) is 11.8. The summed E-state index contributed by atoms with van der Waals surface area (Å²) in [6.45, 7) is 16.7. The average Bonchev–Trinajstić information content (AvgIpc) is 3.30. The van der Waals surface area contributed by atoms with Gasteiger partial charge in [0, 0.05) is 49.2 Å². The van der Waals surface area contributed by atoms with Crippen LogP contribution in [0.25, 0.3) is 0 Å². The lowest BCUT2D eigenvalue weighted by Gasteiger charge is -2.25. The van der Waals surface area contributed by atoms with E-state index in [1.165, 1.54) is 24.3 Å². The molecule has 0 saturated heterocycles. The van der Waals surface area contributed by atoms with Gasteiger partial charge < -0.3 is 28.6 Å². The van der Waals surface area contributed by atoms with Crippen molar-refractivity contribution < 1.29 is 43.1 Å². The lowest BCUT2D eigenvalue weighted by Crippen LogP contribution is -2.32. The third kappa shape index (κ3) is 16.2. The lowest BCUT2D eigenvalue weighted by atomic mass is 10.0. The highest BCUT2D eigenvalue weighted by Crippen LogP contribution is 2.42. The smallest absolute Gasteiger partial charge is 0.330 e. The maximum absolute atomic E-state index is 12.1. The molecule has 2 unspecified atom stereocenters. The van der Waals surface area contributed by atoms with Gasteiger partial charge in [-0.1, -0.05) is 79.4 Å². The van der Waals surface area contributed by atoms with Crippen LogP contribution in [-0.2, 0) is 19.1 Å². The Morgan fingerprint density at radius 1 is 0.766 bits per heavy atom. The molecule has 1 N–H and O–H groups in total. The van der Waals surface area contributed by atoms with E-state index in [1.807, 2.05) is 4.90 Å². The molecular weight excluding hydrogens is 827 g/mol. The van der Waals surface area contributed by atoms with Gasteiger partial charge in [0.15, 0.2) is 0 Å². The maximum atomic E-state index is 12.1. The van der Waals surface area contributed by atoms with E-state index in [1.54, 1.807) is 37.4 Å². The molecule has 0 aromatic heterocycles. The van der Waals surface area contributed by atoms with Gasteiger partial charge in [-0.05, 0) is 42.9 Å². The number of methoxy groups -OCH3 is 1. The highest BCUT2D eigenvalue weighted by Gasteiger charge is 2.24. The number of unbranched alkanes of at least 4 members (excludes halogenated alkanes) is 2. The van der Waals surface area contributed by atoms with Gasteiger partial charge in [0.2, 0.25) is 0 Å². The fraction of sp³-hybridized carbons (Fsp3) is 0.478. The molecule has 348 valence electrons. The minimum absolute atomic E-state index is 0.0393. The molecule has 0 aliphatic rings. The Morgan fingerprint density at radius 2 is 1.34 bits per heavy atom. The summed E-state index contributed by atoms with van der Waals surface area (Å²) in [7, 11) is 3.07. The number of non-ortho nitro benzene ring substituents is 1. The number of benzene rings is 3. The van der Waals surface area contributed by atoms with Crippen LogP contribution in [0, 0.1) is 32.1 Å². The van der Waals surface area contributed by atoms with Crippen LogP contribution < -0.4 is 29.5 Å². The Bertz CT molecular complexity index is 2040. The SMILES string of the molecule is C=CC(=O)OCCN(CCOC(=O)C=C)c1ccc(N=Nc2cc(OCC(CC)CCCC)c(NN(C)c3ccc([N+](=O)[O-])cc3[N+](=O)[O-])cc2OCC(CC)CCCC)c(OC)c1. The van der Waals surface area contributed by atoms with Crippen LogP contribution in [0.3, 0.4) is 0 Å². The van der Waals surface area contributed by atoms with E-state index in [4.69, 9.17) is 23.7 Å². The van der Waals surface area contributed by atoms with Crippen molar-refractivity contribution in [3.8, 4) is 17.2 Å². The highest BCUT2D eigenvalue weighted by atomic mass is 16.6. The molecule has 0 heterocycles. The van der Waals surface area contributed by atoms with Gasteiger partial charge in [-0.15, -0.1) is 10.2 Å². The molecule has 0 bridgehead atoms. The number of anilines is 3. The van der Waals surface area contributed by atoms with Gasteiger partial charge in [-0.2, -0.15) is 0 Å². The van der Waals surface area contributed by atoms with E-state index >= 15 is 0 Å². The molecule has 3 aromatic rings. The topological polar surface area (TPSA) is 210 Å². The third-order valence-electron chi connectivity index (χ3n) is 10.5. The number of nitro groups is 2. The quantitative estimate of drug-likeness (QED) is 0.0209. The fourth-order valence-electron chi connectivity index (χ4n) is 6.51. The molecular formula is C46H63N7O11. The zero-order valence-electron chi connectivity index (χ0n) is 37.9. The molecule has 0 radical (unpaired) electrons. The van der Waals surface area contributed by atoms with Gasteiger partial charge in [0.25, 0.3) is 5.69 Å². The molecule has 18 heteroatoms. The van der Waals surface area contributed by atoms with Crippen LogP contribution in [0.4, 0.5) is 39.8 Å². The molecule has 3 rings (SSSR count). The van der Waals surface area contributed by atoms with Crippen molar-refractivity contribution in [2.75, 3.05) is 69.0 Å². The minimum atomic E-state index is -0.683. The van der Waals surface area contributed by atoms with Crippen molar-refractivity contribution in [3.63, 3.8) is 0 Å². The van der Waals surface area contributed by atoms with E-state index < -0.39 is 33.2 Å². The predicted molar refractivity (Wildman–Crippen MR) is 248 cm³/mol. The van der Waals surface area contributed by atoms with Gasteiger partial charge >= 0.3 is 17.6 Å². The van der Waals surface area contributed by atoms with Crippen LogP contribution in [-0.4, -0.2) is 75.5 Å². The summed E-state index contributed by atoms with van der Waals surface area (Å²) in [5, 5.41) is 34.3. The number of hydrazine groups is 1. The van der Waals surface area contributed by atoms with E-state index in [2.05, 4.69) is 56.5 Å². The predicted octanol–water partition coefficient (Wildman–Crippen LogP) is 10.8. The Morgan fingerprint density at radius 3 is 1.86 bits per heavy atom. The second-order valence-corrected chi connectivity index (χ2v) is 14.9. The molecule has 0 aliphatic heterocycles. The van der Waals surface area contributed by atoms with E-state index in [9.17, 15) is 29.8 Å². The summed E-state index contributed by atoms with van der Waals surface area (Å²) < 4.78 is 29.2. The number of nitrogens with zero attached hydrogens (tertiary/aromatic N) is 6. The molecule has 3 aromatic carbocycles. The number of nitro benzene ring substituents is 2. The van der Waals surface area contributed by atoms with E-state index in [0.29, 0.717) is 53.2 Å². The van der Waals surface area contributed by atoms with E-state index in [0.717, 1.165) is 69.6 Å². The maximum Gasteiger partial charge on any atom is 0.330 e. The van der Waals surface area contributed by atoms with Gasteiger partial charge in [0.05, 0.1) is 49.3 Å². The van der Waals surface area contributed by atoms with Crippen LogP contribution in [0.1, 0.15) is 79.1 Å². The number of nitrogens with one attached hydrogen (secondary N) is 1. The molecule has 0 fully saturated rings. The first kappa shape index (κ1) is 51.6. The van der Waals surface area contributed by atoms with Gasteiger partial charge in [0.1, 0.15) is 53.2 Å². The first-order chi connectivity index (χ1) is 30.8. The van der Waals surface area contributed by atoms with Crippen molar-refractivity contribution in [1.29, 1.82) is 0 Å². The molecule has 18 nitrogen and oxygen atoms in total. The fourth-order valence-corrected chi connectivity index (χ4v) is 6.51. The number of hydrogen-bond donors (Lipinski definition) is 1. The number of hydrogen-bond acceptors (Lipinski definition) is 16. The second-order valence-electron chi connectivity index (χ2n) is 14.9. The Hall–Kier alpha value is -6.72. The Balaban J connectivity index is 2.15. The first-order valence-corrected chi connectivity index (χ1v) is 21.6. The molecule has 0 saturated carbocycles. The molecule has 64 heavy (non-hydrogen) atoms. The van der Waals surface area contributed by atoms with Crippen molar-refractivity contribution in [3.05, 3.63) is 94.1 Å². The second kappa shape index (κ2) is 27.4. The summed E-state index contributed by atoms with van der Waals surface area (Å²) in [6, 6.07) is 12.1. The number of esters is 2.